The number of hydrogen-bond acceptors (Lipinski definition) is 5. The third-order valence-corrected chi connectivity index (χ3v) is 5.84. The number of pyridine rings is 1. The minimum atomic E-state index is -0.514. The topological polar surface area (TPSA) is 80.3 Å². The maximum Gasteiger partial charge on any atom is 0.255 e. The third-order valence-electron chi connectivity index (χ3n) is 5.84. The molecule has 6 nitrogen and oxygen atoms in total. The van der Waals surface area contributed by atoms with E-state index in [2.05, 4.69) is 29.5 Å². The zero-order valence-corrected chi connectivity index (χ0v) is 18.3. The Hall–Kier alpha value is -3.41. The second-order valence-corrected chi connectivity index (χ2v) is 8.84. The van der Waals surface area contributed by atoms with Crippen LogP contribution in [-0.4, -0.2) is 23.8 Å². The molecule has 2 aliphatic rings. The highest BCUT2D eigenvalue weighted by molar-refractivity contribution is 6.09. The molecule has 0 fully saturated rings. The van der Waals surface area contributed by atoms with E-state index in [1.807, 2.05) is 37.3 Å². The second kappa shape index (κ2) is 8.02. The summed E-state index contributed by atoms with van der Waals surface area (Å²) in [4.78, 5) is 31.0. The van der Waals surface area contributed by atoms with Crippen LogP contribution >= 0.6 is 0 Å². The van der Waals surface area contributed by atoms with Gasteiger partial charge in [-0.1, -0.05) is 38.1 Å². The van der Waals surface area contributed by atoms with Crippen molar-refractivity contribution >= 4 is 17.5 Å². The highest BCUT2D eigenvalue weighted by Gasteiger charge is 2.43. The van der Waals surface area contributed by atoms with Crippen LogP contribution in [0.4, 0.5) is 5.82 Å². The predicted molar refractivity (Wildman–Crippen MR) is 119 cm³/mol. The summed E-state index contributed by atoms with van der Waals surface area (Å²) in [5.41, 5.74) is 3.44. The normalized spacial score (nSPS) is 20.1. The van der Waals surface area contributed by atoms with Crippen LogP contribution in [0.25, 0.3) is 0 Å². The molecule has 6 heteroatoms. The predicted octanol–water partition coefficient (Wildman–Crippen LogP) is 4.33. The van der Waals surface area contributed by atoms with Gasteiger partial charge in [0, 0.05) is 40.7 Å². The number of allylic oxidation sites excluding steroid dienone is 3. The average Bonchev–Trinajstić information content (AvgIpc) is 2.72. The number of aromatic nitrogens is 1. The molecule has 0 radical (unpaired) electrons. The van der Waals surface area contributed by atoms with Gasteiger partial charge in [-0.3, -0.25) is 9.59 Å². The molecule has 2 heterocycles. The zero-order valence-electron chi connectivity index (χ0n) is 18.3. The molecule has 1 atom stereocenters. The molecule has 1 aliphatic carbocycles. The molecule has 160 valence electrons. The van der Waals surface area contributed by atoms with Crippen molar-refractivity contribution in [3.05, 3.63) is 76.8 Å². The molecule has 1 unspecified atom stereocenters. The SMILES string of the molecule is COc1ccccc1C1C(C(=O)Nc2ccccn2)=C(C)NC2=C1C(=O)CC(C)(C)C2. The van der Waals surface area contributed by atoms with E-state index in [1.54, 1.807) is 25.4 Å². The Morgan fingerprint density at radius 1 is 1.16 bits per heavy atom. The van der Waals surface area contributed by atoms with Gasteiger partial charge in [-0.25, -0.2) is 4.98 Å². The zero-order chi connectivity index (χ0) is 22.2. The lowest BCUT2D eigenvalue weighted by atomic mass is 9.68. The molecular formula is C25H27N3O3. The van der Waals surface area contributed by atoms with Gasteiger partial charge in [0.1, 0.15) is 11.6 Å². The van der Waals surface area contributed by atoms with Crippen molar-refractivity contribution in [1.82, 2.24) is 10.3 Å². The first-order chi connectivity index (χ1) is 14.8. The number of Topliss-reactive ketones (excluding diaryl/α,β-unsaturated/α-hetero) is 1. The van der Waals surface area contributed by atoms with Crippen molar-refractivity contribution in [3.8, 4) is 5.75 Å². The van der Waals surface area contributed by atoms with Crippen molar-refractivity contribution in [1.29, 1.82) is 0 Å². The van der Waals surface area contributed by atoms with Gasteiger partial charge in [-0.15, -0.1) is 0 Å². The minimum absolute atomic E-state index is 0.0605. The molecule has 0 bridgehead atoms. The van der Waals surface area contributed by atoms with Crippen molar-refractivity contribution in [2.75, 3.05) is 12.4 Å². The van der Waals surface area contributed by atoms with Gasteiger partial charge in [0.25, 0.3) is 5.91 Å². The molecule has 1 aliphatic heterocycles. The van der Waals surface area contributed by atoms with E-state index >= 15 is 0 Å². The lowest BCUT2D eigenvalue weighted by Gasteiger charge is -2.39. The Morgan fingerprint density at radius 3 is 2.61 bits per heavy atom. The molecule has 0 spiro atoms. The van der Waals surface area contributed by atoms with E-state index in [0.29, 0.717) is 29.1 Å². The first kappa shape index (κ1) is 20.8. The van der Waals surface area contributed by atoms with Crippen molar-refractivity contribution in [3.63, 3.8) is 0 Å². The standard InChI is InChI=1S/C25H27N3O3/c1-15-21(24(30)28-20-11-7-8-12-26-20)22(16-9-5-6-10-19(16)31-4)23-17(27-15)13-25(2,3)14-18(23)29/h5-12,22,27H,13-14H2,1-4H3,(H,26,28,30). The van der Waals surface area contributed by atoms with Crippen LogP contribution in [0.2, 0.25) is 0 Å². The van der Waals surface area contributed by atoms with Gasteiger partial charge in [0.15, 0.2) is 5.78 Å². The van der Waals surface area contributed by atoms with Gasteiger partial charge in [-0.05, 0) is 37.0 Å². The molecule has 31 heavy (non-hydrogen) atoms. The fourth-order valence-corrected chi connectivity index (χ4v) is 4.57. The lowest BCUT2D eigenvalue weighted by molar-refractivity contribution is -0.118. The Labute approximate surface area is 182 Å². The molecule has 1 aromatic carbocycles. The number of carbonyl (C=O) groups is 2. The highest BCUT2D eigenvalue weighted by Crippen LogP contribution is 2.48. The van der Waals surface area contributed by atoms with Crippen LogP contribution in [0.1, 0.15) is 45.1 Å². The summed E-state index contributed by atoms with van der Waals surface area (Å²) in [6.07, 6.45) is 2.81. The van der Waals surface area contributed by atoms with Crippen LogP contribution in [0.5, 0.6) is 5.75 Å². The number of hydrogen-bond donors (Lipinski definition) is 2. The maximum absolute atomic E-state index is 13.4. The first-order valence-corrected chi connectivity index (χ1v) is 10.4. The fraction of sp³-hybridized carbons (Fsp3) is 0.320. The average molecular weight is 418 g/mol. The molecule has 1 aromatic heterocycles. The number of methoxy groups -OCH3 is 1. The van der Waals surface area contributed by atoms with E-state index in [9.17, 15) is 9.59 Å². The number of nitrogens with one attached hydrogen (secondary N) is 2. The molecular weight excluding hydrogens is 390 g/mol. The summed E-state index contributed by atoms with van der Waals surface area (Å²) in [5.74, 6) is 0.367. The van der Waals surface area contributed by atoms with Gasteiger partial charge in [-0.2, -0.15) is 0 Å². The minimum Gasteiger partial charge on any atom is -0.496 e. The number of rotatable bonds is 4. The van der Waals surface area contributed by atoms with Gasteiger partial charge >= 0.3 is 0 Å². The Balaban J connectivity index is 1.85. The van der Waals surface area contributed by atoms with Crippen LogP contribution in [0.3, 0.4) is 0 Å². The van der Waals surface area contributed by atoms with E-state index in [1.165, 1.54) is 0 Å². The van der Waals surface area contributed by atoms with Crippen LogP contribution < -0.4 is 15.4 Å². The van der Waals surface area contributed by atoms with E-state index in [-0.39, 0.29) is 17.1 Å². The number of ether oxygens (including phenoxy) is 1. The smallest absolute Gasteiger partial charge is 0.255 e. The number of nitrogens with zero attached hydrogens (tertiary/aromatic N) is 1. The molecule has 4 rings (SSSR count). The number of ketones is 1. The number of benzene rings is 1. The maximum atomic E-state index is 13.4. The summed E-state index contributed by atoms with van der Waals surface area (Å²) in [6.45, 7) is 6.07. The molecule has 2 aromatic rings. The van der Waals surface area contributed by atoms with Crippen LogP contribution in [0.15, 0.2) is 71.2 Å². The third kappa shape index (κ3) is 3.98. The van der Waals surface area contributed by atoms with Gasteiger partial charge in [0.05, 0.1) is 13.0 Å². The second-order valence-electron chi connectivity index (χ2n) is 8.84. The molecule has 0 saturated heterocycles. The Morgan fingerprint density at radius 2 is 1.90 bits per heavy atom. The van der Waals surface area contributed by atoms with Crippen LogP contribution in [-0.2, 0) is 9.59 Å². The summed E-state index contributed by atoms with van der Waals surface area (Å²) in [5, 5.41) is 6.26. The highest BCUT2D eigenvalue weighted by atomic mass is 16.5. The summed E-state index contributed by atoms with van der Waals surface area (Å²) in [6, 6.07) is 12.9. The number of anilines is 1. The Kier molecular flexibility index (Phi) is 5.39. The van der Waals surface area contributed by atoms with E-state index in [4.69, 9.17) is 4.74 Å². The molecule has 0 saturated carbocycles. The summed E-state index contributed by atoms with van der Waals surface area (Å²) < 4.78 is 5.62. The Bertz CT molecular complexity index is 1100. The largest absolute Gasteiger partial charge is 0.496 e. The number of amides is 1. The van der Waals surface area contributed by atoms with Crippen molar-refractivity contribution < 1.29 is 14.3 Å². The van der Waals surface area contributed by atoms with Gasteiger partial charge in [0.2, 0.25) is 0 Å². The monoisotopic (exact) mass is 417 g/mol. The number of dihydropyridines is 1. The van der Waals surface area contributed by atoms with Crippen molar-refractivity contribution in [2.45, 2.75) is 39.5 Å². The molecule has 2 N–H and O–H groups in total. The van der Waals surface area contributed by atoms with E-state index < -0.39 is 5.92 Å². The van der Waals surface area contributed by atoms with Crippen molar-refractivity contribution in [2.24, 2.45) is 5.41 Å². The number of carbonyl (C=O) groups excluding carboxylic acids is 2. The van der Waals surface area contributed by atoms with Gasteiger partial charge < -0.3 is 15.4 Å². The van der Waals surface area contributed by atoms with E-state index in [0.717, 1.165) is 23.4 Å². The quantitative estimate of drug-likeness (QED) is 0.774. The summed E-state index contributed by atoms with van der Waals surface area (Å²) >= 11 is 0. The molecule has 1 amide bonds. The lowest BCUT2D eigenvalue weighted by Crippen LogP contribution is -2.39. The summed E-state index contributed by atoms with van der Waals surface area (Å²) in [7, 11) is 1.60. The number of para-hydroxylation sites is 1. The first-order valence-electron chi connectivity index (χ1n) is 10.4. The van der Waals surface area contributed by atoms with Crippen LogP contribution in [0, 0.1) is 5.41 Å². The fourth-order valence-electron chi connectivity index (χ4n) is 4.57.